The lowest BCUT2D eigenvalue weighted by Gasteiger charge is -2.10. The summed E-state index contributed by atoms with van der Waals surface area (Å²) >= 11 is 0. The Morgan fingerprint density at radius 1 is 1.09 bits per heavy atom. The van der Waals surface area contributed by atoms with Crippen LogP contribution in [0.3, 0.4) is 0 Å². The molecule has 3 rings (SSSR count). The Labute approximate surface area is 134 Å². The number of rotatable bonds is 4. The predicted molar refractivity (Wildman–Crippen MR) is 89.4 cm³/mol. The SMILES string of the molecule is CONC(=O)c1ccc(OC)cc1-c1cn(C)c2ccccc12. The third kappa shape index (κ3) is 2.66. The number of fused-ring (bicyclic) bond motifs is 1. The first kappa shape index (κ1) is 15.1. The number of benzene rings is 2. The summed E-state index contributed by atoms with van der Waals surface area (Å²) in [4.78, 5) is 17.1. The van der Waals surface area contributed by atoms with Crippen molar-refractivity contribution in [2.24, 2.45) is 7.05 Å². The third-order valence-electron chi connectivity index (χ3n) is 3.85. The van der Waals surface area contributed by atoms with Gasteiger partial charge in [-0.05, 0) is 24.3 Å². The number of hydrogen-bond acceptors (Lipinski definition) is 3. The van der Waals surface area contributed by atoms with Crippen molar-refractivity contribution in [1.29, 1.82) is 0 Å². The van der Waals surface area contributed by atoms with Crippen molar-refractivity contribution in [1.82, 2.24) is 10.0 Å². The maximum atomic E-state index is 12.3. The van der Waals surface area contributed by atoms with Crippen LogP contribution < -0.4 is 10.2 Å². The van der Waals surface area contributed by atoms with E-state index in [1.807, 2.05) is 48.1 Å². The van der Waals surface area contributed by atoms with Gasteiger partial charge in [0.25, 0.3) is 5.91 Å². The molecule has 0 saturated heterocycles. The second-order valence-corrected chi connectivity index (χ2v) is 5.22. The number of carbonyl (C=O) groups excluding carboxylic acids is 1. The first-order chi connectivity index (χ1) is 11.2. The second-order valence-electron chi connectivity index (χ2n) is 5.22. The topological polar surface area (TPSA) is 52.5 Å². The summed E-state index contributed by atoms with van der Waals surface area (Å²) < 4.78 is 7.36. The van der Waals surface area contributed by atoms with Crippen LogP contribution in [0.5, 0.6) is 5.75 Å². The van der Waals surface area contributed by atoms with Gasteiger partial charge in [0.05, 0.1) is 14.2 Å². The minimum atomic E-state index is -0.293. The van der Waals surface area contributed by atoms with E-state index in [2.05, 4.69) is 5.48 Å². The lowest BCUT2D eigenvalue weighted by molar-refractivity contribution is 0.0538. The van der Waals surface area contributed by atoms with Crippen molar-refractivity contribution in [2.75, 3.05) is 14.2 Å². The molecule has 0 fully saturated rings. The first-order valence-corrected chi connectivity index (χ1v) is 7.21. The van der Waals surface area contributed by atoms with Crippen LogP contribution in [0.25, 0.3) is 22.0 Å². The van der Waals surface area contributed by atoms with E-state index in [9.17, 15) is 4.79 Å². The van der Waals surface area contributed by atoms with Crippen molar-refractivity contribution >= 4 is 16.8 Å². The van der Waals surface area contributed by atoms with E-state index in [0.29, 0.717) is 11.3 Å². The van der Waals surface area contributed by atoms with Gasteiger partial charge in [0.15, 0.2) is 0 Å². The standard InChI is InChI=1S/C18H18N2O3/c1-20-11-16(13-6-4-5-7-17(13)20)15-10-12(22-2)8-9-14(15)18(21)19-23-3/h4-11H,1-3H3,(H,19,21). The van der Waals surface area contributed by atoms with E-state index in [0.717, 1.165) is 22.0 Å². The maximum absolute atomic E-state index is 12.3. The molecular weight excluding hydrogens is 292 g/mol. The van der Waals surface area contributed by atoms with Gasteiger partial charge < -0.3 is 9.30 Å². The molecule has 0 aliphatic carbocycles. The molecule has 1 N–H and O–H groups in total. The highest BCUT2D eigenvalue weighted by molar-refractivity contribution is 6.05. The van der Waals surface area contributed by atoms with Crippen LogP contribution in [0.4, 0.5) is 0 Å². The molecule has 1 heterocycles. The molecular formula is C18H18N2O3. The molecule has 1 amide bonds. The minimum absolute atomic E-state index is 0.293. The zero-order valence-corrected chi connectivity index (χ0v) is 13.3. The number of hydrogen-bond donors (Lipinski definition) is 1. The normalized spacial score (nSPS) is 10.7. The number of nitrogens with zero attached hydrogens (tertiary/aromatic N) is 1. The summed E-state index contributed by atoms with van der Waals surface area (Å²) in [6.45, 7) is 0. The highest BCUT2D eigenvalue weighted by atomic mass is 16.6. The monoisotopic (exact) mass is 310 g/mol. The number of methoxy groups -OCH3 is 1. The Kier molecular flexibility index (Phi) is 4.04. The van der Waals surface area contributed by atoms with Gasteiger partial charge in [0.1, 0.15) is 5.75 Å². The molecule has 0 atom stereocenters. The largest absolute Gasteiger partial charge is 0.497 e. The van der Waals surface area contributed by atoms with E-state index < -0.39 is 0 Å². The number of nitrogens with one attached hydrogen (secondary N) is 1. The molecule has 118 valence electrons. The van der Waals surface area contributed by atoms with Crippen LogP contribution in [0, 0.1) is 0 Å². The molecule has 0 aliphatic rings. The molecule has 5 nitrogen and oxygen atoms in total. The van der Waals surface area contributed by atoms with Crippen molar-refractivity contribution in [3.8, 4) is 16.9 Å². The van der Waals surface area contributed by atoms with Crippen LogP contribution >= 0.6 is 0 Å². The van der Waals surface area contributed by atoms with Crippen LogP contribution in [-0.2, 0) is 11.9 Å². The number of hydroxylamine groups is 1. The van der Waals surface area contributed by atoms with Gasteiger partial charge in [0, 0.05) is 40.8 Å². The van der Waals surface area contributed by atoms with E-state index in [-0.39, 0.29) is 5.91 Å². The highest BCUT2D eigenvalue weighted by Crippen LogP contribution is 2.34. The summed E-state index contributed by atoms with van der Waals surface area (Å²) in [5.74, 6) is 0.403. The number of ether oxygens (including phenoxy) is 1. The van der Waals surface area contributed by atoms with Gasteiger partial charge in [-0.3, -0.25) is 9.63 Å². The Bertz CT molecular complexity index is 868. The average molecular weight is 310 g/mol. The molecule has 3 aromatic rings. The molecule has 1 aromatic heterocycles. The Morgan fingerprint density at radius 3 is 2.61 bits per heavy atom. The van der Waals surface area contributed by atoms with Crippen LogP contribution in [0.2, 0.25) is 0 Å². The van der Waals surface area contributed by atoms with Gasteiger partial charge in [-0.25, -0.2) is 5.48 Å². The maximum Gasteiger partial charge on any atom is 0.275 e. The quantitative estimate of drug-likeness (QED) is 0.753. The number of para-hydroxylation sites is 1. The molecule has 0 unspecified atom stereocenters. The van der Waals surface area contributed by atoms with Gasteiger partial charge >= 0.3 is 0 Å². The summed E-state index contributed by atoms with van der Waals surface area (Å²) in [6, 6.07) is 13.4. The Morgan fingerprint density at radius 2 is 1.87 bits per heavy atom. The second kappa shape index (κ2) is 6.14. The molecule has 23 heavy (non-hydrogen) atoms. The van der Waals surface area contributed by atoms with Gasteiger partial charge in [0.2, 0.25) is 0 Å². The van der Waals surface area contributed by atoms with Gasteiger partial charge in [-0.1, -0.05) is 18.2 Å². The number of aryl methyl sites for hydroxylation is 1. The smallest absolute Gasteiger partial charge is 0.275 e. The molecule has 0 bridgehead atoms. The van der Waals surface area contributed by atoms with Gasteiger partial charge in [-0.15, -0.1) is 0 Å². The van der Waals surface area contributed by atoms with Crippen LogP contribution in [0.1, 0.15) is 10.4 Å². The number of amides is 1. The molecule has 2 aromatic carbocycles. The third-order valence-corrected chi connectivity index (χ3v) is 3.85. The Hall–Kier alpha value is -2.79. The van der Waals surface area contributed by atoms with E-state index in [1.165, 1.54) is 7.11 Å². The molecule has 0 radical (unpaired) electrons. The first-order valence-electron chi connectivity index (χ1n) is 7.21. The summed E-state index contributed by atoms with van der Waals surface area (Å²) in [6.07, 6.45) is 2.02. The average Bonchev–Trinajstić information content (AvgIpc) is 2.92. The lowest BCUT2D eigenvalue weighted by Crippen LogP contribution is -2.22. The molecule has 0 aliphatic heterocycles. The molecule has 0 spiro atoms. The summed E-state index contributed by atoms with van der Waals surface area (Å²) in [5.41, 5.74) is 5.79. The zero-order valence-electron chi connectivity index (χ0n) is 13.3. The van der Waals surface area contributed by atoms with Crippen LogP contribution in [-0.4, -0.2) is 24.7 Å². The Balaban J connectivity index is 2.26. The van der Waals surface area contributed by atoms with E-state index in [1.54, 1.807) is 19.2 Å². The number of aromatic nitrogens is 1. The van der Waals surface area contributed by atoms with E-state index >= 15 is 0 Å². The van der Waals surface area contributed by atoms with Crippen molar-refractivity contribution in [2.45, 2.75) is 0 Å². The van der Waals surface area contributed by atoms with E-state index in [4.69, 9.17) is 9.57 Å². The zero-order chi connectivity index (χ0) is 16.4. The fourth-order valence-corrected chi connectivity index (χ4v) is 2.78. The lowest BCUT2D eigenvalue weighted by atomic mass is 9.98. The molecule has 0 saturated carbocycles. The van der Waals surface area contributed by atoms with Gasteiger partial charge in [-0.2, -0.15) is 0 Å². The number of carbonyl (C=O) groups is 1. The van der Waals surface area contributed by atoms with Crippen molar-refractivity contribution in [3.63, 3.8) is 0 Å². The fourth-order valence-electron chi connectivity index (χ4n) is 2.78. The molecule has 5 heteroatoms. The van der Waals surface area contributed by atoms with Crippen LogP contribution in [0.15, 0.2) is 48.7 Å². The summed E-state index contributed by atoms with van der Waals surface area (Å²) in [7, 11) is 5.01. The summed E-state index contributed by atoms with van der Waals surface area (Å²) in [5, 5.41) is 1.08. The minimum Gasteiger partial charge on any atom is -0.497 e. The van der Waals surface area contributed by atoms with Crippen molar-refractivity contribution < 1.29 is 14.4 Å². The fraction of sp³-hybridized carbons (Fsp3) is 0.167. The highest BCUT2D eigenvalue weighted by Gasteiger charge is 2.17. The van der Waals surface area contributed by atoms with Crippen molar-refractivity contribution in [3.05, 3.63) is 54.2 Å². The predicted octanol–water partition coefficient (Wildman–Crippen LogP) is 3.15.